The highest BCUT2D eigenvalue weighted by Gasteiger charge is 2.17. The molecule has 0 aromatic carbocycles. The molecule has 5 nitrogen and oxygen atoms in total. The number of likely N-dealkylation sites (tertiary alicyclic amines) is 1. The van der Waals surface area contributed by atoms with Crippen LogP contribution in [-0.2, 0) is 6.54 Å². The zero-order valence-corrected chi connectivity index (χ0v) is 10.5. The fourth-order valence-corrected chi connectivity index (χ4v) is 2.39. The fraction of sp³-hybridized carbons (Fsp3) is 0.667. The Kier molecular flexibility index (Phi) is 4.14. The van der Waals surface area contributed by atoms with E-state index in [0.717, 1.165) is 18.2 Å². The molecular formula is C12H21N5. The molecule has 0 bridgehead atoms. The first-order valence-corrected chi connectivity index (χ1v) is 6.15. The van der Waals surface area contributed by atoms with Crippen LogP contribution in [0, 0.1) is 5.92 Å². The summed E-state index contributed by atoms with van der Waals surface area (Å²) in [5, 5.41) is 7.50. The fourth-order valence-electron chi connectivity index (χ4n) is 2.39. The van der Waals surface area contributed by atoms with Crippen LogP contribution in [0.4, 0.5) is 5.69 Å². The summed E-state index contributed by atoms with van der Waals surface area (Å²) in [7, 11) is 2.19. The van der Waals surface area contributed by atoms with Crippen molar-refractivity contribution in [3.8, 4) is 0 Å². The summed E-state index contributed by atoms with van der Waals surface area (Å²) >= 11 is 0. The number of aromatic nitrogens is 2. The topological polar surface area (TPSA) is 45.5 Å². The van der Waals surface area contributed by atoms with Gasteiger partial charge in [-0.15, -0.1) is 0 Å². The molecule has 1 unspecified atom stereocenters. The van der Waals surface area contributed by atoms with Crippen LogP contribution in [0.3, 0.4) is 0 Å². The normalized spacial score (nSPS) is 21.4. The summed E-state index contributed by atoms with van der Waals surface area (Å²) in [6, 6.07) is 0. The molecule has 1 aromatic heterocycles. The van der Waals surface area contributed by atoms with Gasteiger partial charge in [0, 0.05) is 19.3 Å². The minimum Gasteiger partial charge on any atom is -0.364 e. The molecule has 2 rings (SSSR count). The summed E-state index contributed by atoms with van der Waals surface area (Å²) in [5.74, 6) is 0.721. The first kappa shape index (κ1) is 12.1. The third-order valence-corrected chi connectivity index (χ3v) is 3.20. The van der Waals surface area contributed by atoms with Crippen LogP contribution in [0.5, 0.6) is 0 Å². The van der Waals surface area contributed by atoms with Gasteiger partial charge < -0.3 is 10.2 Å². The maximum Gasteiger partial charge on any atom is 0.107 e. The summed E-state index contributed by atoms with van der Waals surface area (Å²) in [5.41, 5.74) is 1.02. The first-order valence-electron chi connectivity index (χ1n) is 6.15. The smallest absolute Gasteiger partial charge is 0.107 e. The van der Waals surface area contributed by atoms with Crippen molar-refractivity contribution < 1.29 is 0 Å². The molecule has 0 amide bonds. The van der Waals surface area contributed by atoms with Gasteiger partial charge in [0.2, 0.25) is 0 Å². The minimum absolute atomic E-state index is 0.540. The summed E-state index contributed by atoms with van der Waals surface area (Å²) < 4.78 is 2.02. The highest BCUT2D eigenvalue weighted by molar-refractivity contribution is 5.38. The van der Waals surface area contributed by atoms with Gasteiger partial charge in [-0.05, 0) is 39.1 Å². The molecule has 0 spiro atoms. The predicted octanol–water partition coefficient (Wildman–Crippen LogP) is 1.29. The average molecular weight is 235 g/mol. The van der Waals surface area contributed by atoms with E-state index in [1.165, 1.54) is 25.9 Å². The van der Waals surface area contributed by atoms with E-state index in [-0.39, 0.29) is 0 Å². The number of anilines is 1. The van der Waals surface area contributed by atoms with E-state index in [0.29, 0.717) is 6.67 Å². The second-order valence-electron chi connectivity index (χ2n) is 4.78. The van der Waals surface area contributed by atoms with Crippen molar-refractivity contribution in [2.24, 2.45) is 10.9 Å². The molecule has 0 aliphatic carbocycles. The number of hydrogen-bond donors (Lipinski definition) is 1. The Labute approximate surface area is 103 Å². The third-order valence-electron chi connectivity index (χ3n) is 3.20. The van der Waals surface area contributed by atoms with Crippen molar-refractivity contribution in [2.45, 2.75) is 19.4 Å². The SMILES string of the molecule is C=NCNc1cnn(CC2CCCN(C)C2)c1. The van der Waals surface area contributed by atoms with Gasteiger partial charge >= 0.3 is 0 Å². The van der Waals surface area contributed by atoms with E-state index in [2.05, 4.69) is 34.1 Å². The summed E-state index contributed by atoms with van der Waals surface area (Å²) in [6.07, 6.45) is 6.49. The summed E-state index contributed by atoms with van der Waals surface area (Å²) in [6.45, 7) is 7.39. The average Bonchev–Trinajstić information content (AvgIpc) is 2.74. The van der Waals surface area contributed by atoms with E-state index in [1.807, 2.05) is 17.1 Å². The molecule has 94 valence electrons. The van der Waals surface area contributed by atoms with Crippen LogP contribution in [-0.4, -0.2) is 48.2 Å². The summed E-state index contributed by atoms with van der Waals surface area (Å²) in [4.78, 5) is 6.16. The molecule has 1 N–H and O–H groups in total. The molecule has 1 aromatic rings. The Hall–Kier alpha value is -1.36. The minimum atomic E-state index is 0.540. The molecule has 2 heterocycles. The second-order valence-corrected chi connectivity index (χ2v) is 4.78. The maximum absolute atomic E-state index is 4.36. The number of aliphatic imine (C=N–C) groups is 1. The van der Waals surface area contributed by atoms with Gasteiger partial charge in [0.15, 0.2) is 0 Å². The molecule has 0 saturated carbocycles. The van der Waals surface area contributed by atoms with Crippen LogP contribution < -0.4 is 5.32 Å². The molecule has 1 aliphatic heterocycles. The lowest BCUT2D eigenvalue weighted by molar-refractivity contribution is 0.190. The Morgan fingerprint density at radius 1 is 1.65 bits per heavy atom. The van der Waals surface area contributed by atoms with Crippen LogP contribution in [0.25, 0.3) is 0 Å². The number of nitrogens with zero attached hydrogens (tertiary/aromatic N) is 4. The maximum atomic E-state index is 4.36. The highest BCUT2D eigenvalue weighted by atomic mass is 15.3. The van der Waals surface area contributed by atoms with E-state index >= 15 is 0 Å². The van der Waals surface area contributed by atoms with Gasteiger partial charge in [-0.25, -0.2) is 0 Å². The van der Waals surface area contributed by atoms with Gasteiger partial charge in [0.05, 0.1) is 11.9 Å². The second kappa shape index (κ2) is 5.82. The zero-order valence-electron chi connectivity index (χ0n) is 10.5. The van der Waals surface area contributed by atoms with Crippen molar-refractivity contribution in [3.05, 3.63) is 12.4 Å². The van der Waals surface area contributed by atoms with Crippen molar-refractivity contribution in [3.63, 3.8) is 0 Å². The molecule has 1 aliphatic rings. The monoisotopic (exact) mass is 235 g/mol. The lowest BCUT2D eigenvalue weighted by Crippen LogP contribution is -2.34. The van der Waals surface area contributed by atoms with E-state index in [4.69, 9.17) is 0 Å². The number of hydrogen-bond acceptors (Lipinski definition) is 4. The van der Waals surface area contributed by atoms with Crippen LogP contribution in [0.15, 0.2) is 17.4 Å². The van der Waals surface area contributed by atoms with Crippen molar-refractivity contribution >= 4 is 12.4 Å². The quantitative estimate of drug-likeness (QED) is 0.782. The highest BCUT2D eigenvalue weighted by Crippen LogP contribution is 2.17. The van der Waals surface area contributed by atoms with Crippen LogP contribution in [0.1, 0.15) is 12.8 Å². The lowest BCUT2D eigenvalue weighted by Gasteiger charge is -2.29. The number of nitrogens with one attached hydrogen (secondary N) is 1. The van der Waals surface area contributed by atoms with Crippen molar-refractivity contribution in [1.29, 1.82) is 0 Å². The molecule has 5 heteroatoms. The van der Waals surface area contributed by atoms with Gasteiger partial charge in [-0.1, -0.05) is 0 Å². The molecule has 0 radical (unpaired) electrons. The van der Waals surface area contributed by atoms with Gasteiger partial charge in [-0.3, -0.25) is 9.67 Å². The van der Waals surface area contributed by atoms with Gasteiger partial charge in [0.1, 0.15) is 6.67 Å². The Morgan fingerprint density at radius 3 is 3.29 bits per heavy atom. The van der Waals surface area contributed by atoms with Crippen LogP contribution in [0.2, 0.25) is 0 Å². The first-order chi connectivity index (χ1) is 8.28. The predicted molar refractivity (Wildman–Crippen MR) is 70.5 cm³/mol. The standard InChI is InChI=1S/C12H21N5/c1-13-10-14-12-6-15-17(9-12)8-11-4-3-5-16(2)7-11/h6,9,11,14H,1,3-5,7-8,10H2,2H3. The number of rotatable bonds is 5. The van der Waals surface area contributed by atoms with E-state index in [1.54, 1.807) is 0 Å². The Balaban J connectivity index is 1.85. The largest absolute Gasteiger partial charge is 0.364 e. The van der Waals surface area contributed by atoms with Crippen molar-refractivity contribution in [2.75, 3.05) is 32.1 Å². The zero-order chi connectivity index (χ0) is 12.1. The van der Waals surface area contributed by atoms with Gasteiger partial charge in [-0.2, -0.15) is 5.10 Å². The van der Waals surface area contributed by atoms with E-state index < -0.39 is 0 Å². The molecular weight excluding hydrogens is 214 g/mol. The Morgan fingerprint density at radius 2 is 2.53 bits per heavy atom. The van der Waals surface area contributed by atoms with Crippen molar-refractivity contribution in [1.82, 2.24) is 14.7 Å². The van der Waals surface area contributed by atoms with E-state index in [9.17, 15) is 0 Å². The number of piperidine rings is 1. The van der Waals surface area contributed by atoms with Gasteiger partial charge in [0.25, 0.3) is 0 Å². The van der Waals surface area contributed by atoms with Crippen LogP contribution >= 0.6 is 0 Å². The molecule has 17 heavy (non-hydrogen) atoms. The lowest BCUT2D eigenvalue weighted by atomic mass is 9.99. The third kappa shape index (κ3) is 3.56. The molecule has 1 fully saturated rings. The molecule has 1 saturated heterocycles. The Bertz CT molecular complexity index is 360. The molecule has 1 atom stereocenters.